The molecule has 1 aromatic heterocycles. The summed E-state index contributed by atoms with van der Waals surface area (Å²) < 4.78 is 1.52. The van der Waals surface area contributed by atoms with E-state index in [9.17, 15) is 9.90 Å². The molecule has 0 bridgehead atoms. The van der Waals surface area contributed by atoms with Crippen LogP contribution >= 0.6 is 34.8 Å². The van der Waals surface area contributed by atoms with Crippen LogP contribution in [-0.4, -0.2) is 32.3 Å². The van der Waals surface area contributed by atoms with E-state index < -0.39 is 11.5 Å². The van der Waals surface area contributed by atoms with Gasteiger partial charge in [0, 0.05) is 39.2 Å². The summed E-state index contributed by atoms with van der Waals surface area (Å²) in [5.74, 6) is -0.699. The third kappa shape index (κ3) is 6.08. The van der Waals surface area contributed by atoms with Gasteiger partial charge in [-0.05, 0) is 35.9 Å². The average molecular weight is 480 g/mol. The molecule has 1 heterocycles. The van der Waals surface area contributed by atoms with Crippen LogP contribution in [0, 0.1) is 5.92 Å². The Hall–Kier alpha value is -2.38. The summed E-state index contributed by atoms with van der Waals surface area (Å²) in [5.41, 5.74) is -0.0847. The lowest BCUT2D eigenvalue weighted by Gasteiger charge is -2.35. The highest BCUT2D eigenvalue weighted by Crippen LogP contribution is 2.37. The van der Waals surface area contributed by atoms with Crippen molar-refractivity contribution in [3.05, 3.63) is 87.4 Å². The molecular formula is C22H21Cl3N4O2. The lowest BCUT2D eigenvalue weighted by Crippen LogP contribution is -2.44. The van der Waals surface area contributed by atoms with E-state index in [1.807, 2.05) is 19.1 Å². The van der Waals surface area contributed by atoms with Crippen LogP contribution in [0.3, 0.4) is 0 Å². The SMILES string of the molecule is C[C@@H](CNC(=O)C=Cc1ccc(Cl)cc1)C(O)(Cn1cncn1)c1ccc(Cl)cc1Cl. The molecule has 2 N–H and O–H groups in total. The van der Waals surface area contributed by atoms with E-state index in [0.29, 0.717) is 20.6 Å². The fourth-order valence-corrected chi connectivity index (χ4v) is 3.83. The number of carbonyl (C=O) groups excluding carboxylic acids is 1. The van der Waals surface area contributed by atoms with Gasteiger partial charge in [-0.25, -0.2) is 9.67 Å². The van der Waals surface area contributed by atoms with Crippen LogP contribution in [0.4, 0.5) is 0 Å². The number of amides is 1. The highest BCUT2D eigenvalue weighted by atomic mass is 35.5. The fraction of sp³-hybridized carbons (Fsp3) is 0.227. The molecule has 3 aromatic rings. The van der Waals surface area contributed by atoms with Crippen molar-refractivity contribution in [1.82, 2.24) is 20.1 Å². The first-order chi connectivity index (χ1) is 14.8. The molecule has 31 heavy (non-hydrogen) atoms. The maximum atomic E-state index is 12.3. The molecule has 162 valence electrons. The van der Waals surface area contributed by atoms with Crippen molar-refractivity contribution in [2.75, 3.05) is 6.54 Å². The van der Waals surface area contributed by atoms with Crippen molar-refractivity contribution in [2.45, 2.75) is 19.1 Å². The molecule has 1 unspecified atom stereocenters. The van der Waals surface area contributed by atoms with Gasteiger partial charge in [-0.2, -0.15) is 5.10 Å². The Bertz CT molecular complexity index is 1060. The highest BCUT2D eigenvalue weighted by Gasteiger charge is 2.38. The molecule has 9 heteroatoms. The van der Waals surface area contributed by atoms with Crippen LogP contribution in [-0.2, 0) is 16.9 Å². The first-order valence-electron chi connectivity index (χ1n) is 9.50. The second-order valence-corrected chi connectivity index (χ2v) is 8.45. The number of hydrogen-bond acceptors (Lipinski definition) is 4. The number of carbonyl (C=O) groups is 1. The van der Waals surface area contributed by atoms with Gasteiger partial charge in [-0.15, -0.1) is 0 Å². The lowest BCUT2D eigenvalue weighted by atomic mass is 9.82. The summed E-state index contributed by atoms with van der Waals surface area (Å²) in [5, 5.41) is 20.0. The maximum absolute atomic E-state index is 12.3. The van der Waals surface area contributed by atoms with E-state index in [2.05, 4.69) is 15.4 Å². The Labute approximate surface area is 195 Å². The average Bonchev–Trinajstić information content (AvgIpc) is 3.24. The quantitative estimate of drug-likeness (QED) is 0.463. The van der Waals surface area contributed by atoms with Gasteiger partial charge in [-0.3, -0.25) is 4.79 Å². The predicted molar refractivity (Wildman–Crippen MR) is 123 cm³/mol. The zero-order valence-corrected chi connectivity index (χ0v) is 18.9. The number of aromatic nitrogens is 3. The minimum Gasteiger partial charge on any atom is -0.383 e. The Morgan fingerprint density at radius 3 is 2.55 bits per heavy atom. The molecule has 2 atom stereocenters. The molecule has 0 radical (unpaired) electrons. The molecule has 3 rings (SSSR count). The van der Waals surface area contributed by atoms with Crippen molar-refractivity contribution in [1.29, 1.82) is 0 Å². The first kappa shape index (κ1) is 23.3. The topological polar surface area (TPSA) is 80.0 Å². The van der Waals surface area contributed by atoms with Crippen molar-refractivity contribution in [3.63, 3.8) is 0 Å². The van der Waals surface area contributed by atoms with Crippen LogP contribution in [0.2, 0.25) is 15.1 Å². The molecule has 1 amide bonds. The zero-order chi connectivity index (χ0) is 22.4. The van der Waals surface area contributed by atoms with Crippen LogP contribution in [0.1, 0.15) is 18.1 Å². The molecule has 0 aliphatic rings. The van der Waals surface area contributed by atoms with E-state index in [4.69, 9.17) is 34.8 Å². The largest absolute Gasteiger partial charge is 0.383 e. The fourth-order valence-electron chi connectivity index (χ4n) is 3.14. The number of halogens is 3. The number of nitrogens with one attached hydrogen (secondary N) is 1. The van der Waals surface area contributed by atoms with Gasteiger partial charge in [0.2, 0.25) is 5.91 Å². The Morgan fingerprint density at radius 1 is 1.19 bits per heavy atom. The molecular weight excluding hydrogens is 459 g/mol. The van der Waals surface area contributed by atoms with E-state index in [0.717, 1.165) is 5.56 Å². The van der Waals surface area contributed by atoms with Crippen molar-refractivity contribution < 1.29 is 9.90 Å². The van der Waals surface area contributed by atoms with E-state index >= 15 is 0 Å². The number of hydrogen-bond donors (Lipinski definition) is 2. The number of aliphatic hydroxyl groups is 1. The van der Waals surface area contributed by atoms with E-state index in [1.165, 1.54) is 23.4 Å². The minimum absolute atomic E-state index is 0.103. The molecule has 0 aliphatic carbocycles. The summed E-state index contributed by atoms with van der Waals surface area (Å²) in [4.78, 5) is 16.2. The second kappa shape index (κ2) is 10.3. The lowest BCUT2D eigenvalue weighted by molar-refractivity contribution is -0.117. The van der Waals surface area contributed by atoms with Gasteiger partial charge < -0.3 is 10.4 Å². The number of rotatable bonds is 8. The predicted octanol–water partition coefficient (Wildman–Crippen LogP) is 4.59. The Kier molecular flexibility index (Phi) is 7.73. The smallest absolute Gasteiger partial charge is 0.244 e. The third-order valence-electron chi connectivity index (χ3n) is 4.96. The van der Waals surface area contributed by atoms with Crippen molar-refractivity contribution in [2.24, 2.45) is 5.92 Å². The van der Waals surface area contributed by atoms with Gasteiger partial charge in [-0.1, -0.05) is 59.9 Å². The molecule has 0 fully saturated rings. The van der Waals surface area contributed by atoms with Gasteiger partial charge >= 0.3 is 0 Å². The number of benzene rings is 2. The summed E-state index contributed by atoms with van der Waals surface area (Å²) >= 11 is 18.3. The molecule has 6 nitrogen and oxygen atoms in total. The number of nitrogens with zero attached hydrogens (tertiary/aromatic N) is 3. The monoisotopic (exact) mass is 478 g/mol. The van der Waals surface area contributed by atoms with Gasteiger partial charge in [0.25, 0.3) is 0 Å². The van der Waals surface area contributed by atoms with E-state index in [-0.39, 0.29) is 19.0 Å². The zero-order valence-electron chi connectivity index (χ0n) is 16.7. The third-order valence-corrected chi connectivity index (χ3v) is 5.76. The molecule has 0 spiro atoms. The van der Waals surface area contributed by atoms with Crippen LogP contribution in [0.25, 0.3) is 6.08 Å². The van der Waals surface area contributed by atoms with Crippen LogP contribution in [0.15, 0.2) is 61.2 Å². The van der Waals surface area contributed by atoms with Crippen LogP contribution in [0.5, 0.6) is 0 Å². The summed E-state index contributed by atoms with van der Waals surface area (Å²) in [6, 6.07) is 12.0. The normalized spacial score (nSPS) is 14.4. The highest BCUT2D eigenvalue weighted by molar-refractivity contribution is 6.35. The molecule has 0 saturated heterocycles. The van der Waals surface area contributed by atoms with Crippen molar-refractivity contribution in [3.8, 4) is 0 Å². The molecule has 0 saturated carbocycles. The summed E-state index contributed by atoms with van der Waals surface area (Å²) in [6.45, 7) is 2.13. The molecule has 0 aliphatic heterocycles. The molecule has 2 aromatic carbocycles. The first-order valence-corrected chi connectivity index (χ1v) is 10.6. The Morgan fingerprint density at radius 2 is 1.90 bits per heavy atom. The standard InChI is InChI=1S/C22H21Cl3N4O2/c1-15(11-27-21(30)9-4-16-2-5-17(23)6-3-16)22(31,12-29-14-26-13-28-29)19-8-7-18(24)10-20(19)25/h2-10,13-15,31H,11-12H2,1H3,(H,27,30)/t15-,22?/m0/s1. The van der Waals surface area contributed by atoms with Gasteiger partial charge in [0.1, 0.15) is 18.3 Å². The van der Waals surface area contributed by atoms with Gasteiger partial charge in [0.05, 0.1) is 6.54 Å². The minimum atomic E-state index is -1.43. The second-order valence-electron chi connectivity index (χ2n) is 7.17. The van der Waals surface area contributed by atoms with Crippen LogP contribution < -0.4 is 5.32 Å². The maximum Gasteiger partial charge on any atom is 0.244 e. The van der Waals surface area contributed by atoms with E-state index in [1.54, 1.807) is 36.4 Å². The summed E-state index contributed by atoms with van der Waals surface area (Å²) in [6.07, 6.45) is 6.02. The summed E-state index contributed by atoms with van der Waals surface area (Å²) in [7, 11) is 0. The van der Waals surface area contributed by atoms with Crippen molar-refractivity contribution >= 4 is 46.8 Å². The Balaban J connectivity index is 1.74. The van der Waals surface area contributed by atoms with Gasteiger partial charge in [0.15, 0.2) is 0 Å².